The minimum Gasteiger partial charge on any atom is -0.497 e. The van der Waals surface area contributed by atoms with Crippen molar-refractivity contribution in [2.75, 3.05) is 20.8 Å². The molecule has 0 aromatic heterocycles. The molecule has 0 unspecified atom stereocenters. The molecule has 0 radical (unpaired) electrons. The Morgan fingerprint density at radius 2 is 1.75 bits per heavy atom. The maximum Gasteiger partial charge on any atom is 0.293 e. The van der Waals surface area contributed by atoms with Gasteiger partial charge in [0.25, 0.3) is 6.47 Å². The molecule has 0 saturated heterocycles. The Labute approximate surface area is 95.1 Å². The summed E-state index contributed by atoms with van der Waals surface area (Å²) in [7, 11) is 3.24. The van der Waals surface area contributed by atoms with Crippen molar-refractivity contribution in [1.82, 2.24) is 0 Å². The first-order valence-electron chi connectivity index (χ1n) is 5.07. The molecule has 0 atom stereocenters. The fourth-order valence-electron chi connectivity index (χ4n) is 1.42. The second kappa shape index (κ2) is 6.71. The Morgan fingerprint density at radius 1 is 1.12 bits per heavy atom. The molecule has 16 heavy (non-hydrogen) atoms. The van der Waals surface area contributed by atoms with Gasteiger partial charge in [-0.1, -0.05) is 0 Å². The van der Waals surface area contributed by atoms with Crippen LogP contribution >= 0.6 is 0 Å². The zero-order chi connectivity index (χ0) is 11.8. The van der Waals surface area contributed by atoms with Crippen molar-refractivity contribution in [3.63, 3.8) is 0 Å². The second-order valence-electron chi connectivity index (χ2n) is 3.29. The molecule has 0 bridgehead atoms. The average molecular weight is 224 g/mol. The highest BCUT2D eigenvalue weighted by atomic mass is 16.5. The summed E-state index contributed by atoms with van der Waals surface area (Å²) in [6.07, 6.45) is 1.61. The van der Waals surface area contributed by atoms with Crippen LogP contribution in [-0.2, 0) is 16.0 Å². The van der Waals surface area contributed by atoms with Crippen LogP contribution in [0.15, 0.2) is 18.2 Å². The quantitative estimate of drug-likeness (QED) is 0.523. The van der Waals surface area contributed by atoms with E-state index in [4.69, 9.17) is 9.47 Å². The molecule has 0 fully saturated rings. The molecule has 0 spiro atoms. The van der Waals surface area contributed by atoms with Crippen LogP contribution in [0.4, 0.5) is 0 Å². The van der Waals surface area contributed by atoms with E-state index in [0.717, 1.165) is 29.9 Å². The van der Waals surface area contributed by atoms with Crippen molar-refractivity contribution in [3.8, 4) is 11.5 Å². The van der Waals surface area contributed by atoms with Crippen LogP contribution in [-0.4, -0.2) is 27.3 Å². The van der Waals surface area contributed by atoms with Crippen molar-refractivity contribution in [2.45, 2.75) is 12.8 Å². The summed E-state index contributed by atoms with van der Waals surface area (Å²) in [5.41, 5.74) is 1.10. The number of carbonyl (C=O) groups is 1. The number of carbonyl (C=O) groups excluding carboxylic acids is 1. The monoisotopic (exact) mass is 224 g/mol. The van der Waals surface area contributed by atoms with Gasteiger partial charge >= 0.3 is 0 Å². The average Bonchev–Trinajstić information content (AvgIpc) is 2.34. The Morgan fingerprint density at radius 3 is 2.25 bits per heavy atom. The van der Waals surface area contributed by atoms with Gasteiger partial charge in [-0.2, -0.15) is 0 Å². The predicted molar refractivity (Wildman–Crippen MR) is 59.9 cm³/mol. The van der Waals surface area contributed by atoms with Crippen molar-refractivity contribution in [3.05, 3.63) is 23.8 Å². The maximum atomic E-state index is 9.95. The Bertz CT molecular complexity index is 314. The number of hydrogen-bond donors (Lipinski definition) is 0. The van der Waals surface area contributed by atoms with E-state index >= 15 is 0 Å². The molecule has 0 aliphatic heterocycles. The largest absolute Gasteiger partial charge is 0.497 e. The zero-order valence-corrected chi connectivity index (χ0v) is 9.56. The van der Waals surface area contributed by atoms with Crippen LogP contribution in [0.5, 0.6) is 11.5 Å². The summed E-state index contributed by atoms with van der Waals surface area (Å²) >= 11 is 0. The third-order valence-electron chi connectivity index (χ3n) is 2.21. The highest BCUT2D eigenvalue weighted by molar-refractivity contribution is 5.38. The van der Waals surface area contributed by atoms with Crippen molar-refractivity contribution >= 4 is 6.47 Å². The van der Waals surface area contributed by atoms with Crippen molar-refractivity contribution in [2.24, 2.45) is 0 Å². The molecule has 4 heteroatoms. The number of rotatable bonds is 7. The van der Waals surface area contributed by atoms with Crippen LogP contribution in [0.25, 0.3) is 0 Å². The fourth-order valence-corrected chi connectivity index (χ4v) is 1.42. The molecule has 1 aromatic carbocycles. The van der Waals surface area contributed by atoms with E-state index in [-0.39, 0.29) is 0 Å². The van der Waals surface area contributed by atoms with E-state index < -0.39 is 0 Å². The van der Waals surface area contributed by atoms with Gasteiger partial charge in [0, 0.05) is 6.07 Å². The van der Waals surface area contributed by atoms with Gasteiger partial charge in [-0.15, -0.1) is 0 Å². The highest BCUT2D eigenvalue weighted by Crippen LogP contribution is 2.23. The first kappa shape index (κ1) is 12.4. The molecular formula is C12H16O4. The minimum atomic E-state index is 0.434. The molecule has 0 amide bonds. The second-order valence-corrected chi connectivity index (χ2v) is 3.29. The van der Waals surface area contributed by atoms with Crippen LogP contribution in [0.3, 0.4) is 0 Å². The molecule has 1 aromatic rings. The maximum absolute atomic E-state index is 9.95. The molecule has 4 nitrogen and oxygen atoms in total. The molecular weight excluding hydrogens is 208 g/mol. The van der Waals surface area contributed by atoms with Crippen LogP contribution in [0.1, 0.15) is 12.0 Å². The Kier molecular flexibility index (Phi) is 5.19. The number of aryl methyl sites for hydroxylation is 1. The smallest absolute Gasteiger partial charge is 0.293 e. The summed E-state index contributed by atoms with van der Waals surface area (Å²) in [5, 5.41) is 0. The van der Waals surface area contributed by atoms with E-state index in [1.165, 1.54) is 0 Å². The zero-order valence-electron chi connectivity index (χ0n) is 9.56. The first-order chi connectivity index (χ1) is 7.80. The van der Waals surface area contributed by atoms with Crippen LogP contribution in [0.2, 0.25) is 0 Å². The van der Waals surface area contributed by atoms with Gasteiger partial charge in [0.15, 0.2) is 0 Å². The van der Waals surface area contributed by atoms with E-state index in [2.05, 4.69) is 4.74 Å². The molecule has 0 aliphatic rings. The normalized spacial score (nSPS) is 9.62. The summed E-state index contributed by atoms with van der Waals surface area (Å²) in [5.74, 6) is 1.54. The van der Waals surface area contributed by atoms with Gasteiger partial charge in [-0.3, -0.25) is 4.79 Å². The Balaban J connectivity index is 2.60. The molecule has 0 aliphatic carbocycles. The van der Waals surface area contributed by atoms with Gasteiger partial charge < -0.3 is 14.2 Å². The van der Waals surface area contributed by atoms with Crippen molar-refractivity contribution < 1.29 is 19.0 Å². The lowest BCUT2D eigenvalue weighted by molar-refractivity contribution is -0.128. The third-order valence-corrected chi connectivity index (χ3v) is 2.21. The number of ether oxygens (including phenoxy) is 3. The van der Waals surface area contributed by atoms with Crippen molar-refractivity contribution in [1.29, 1.82) is 0 Å². The lowest BCUT2D eigenvalue weighted by Crippen LogP contribution is -1.96. The van der Waals surface area contributed by atoms with E-state index in [1.807, 2.05) is 18.2 Å². The highest BCUT2D eigenvalue weighted by Gasteiger charge is 2.01. The van der Waals surface area contributed by atoms with Crippen LogP contribution < -0.4 is 9.47 Å². The molecule has 1 rings (SSSR count). The van der Waals surface area contributed by atoms with E-state index in [1.54, 1.807) is 14.2 Å². The summed E-state index contributed by atoms with van der Waals surface area (Å²) in [6.45, 7) is 0.898. The summed E-state index contributed by atoms with van der Waals surface area (Å²) < 4.78 is 14.9. The van der Waals surface area contributed by atoms with E-state index in [9.17, 15) is 4.79 Å². The summed E-state index contributed by atoms with van der Waals surface area (Å²) in [6, 6.07) is 5.72. The number of benzene rings is 1. The fraction of sp³-hybridized carbons (Fsp3) is 0.417. The minimum absolute atomic E-state index is 0.434. The molecule has 88 valence electrons. The van der Waals surface area contributed by atoms with Gasteiger partial charge in [-0.05, 0) is 30.5 Å². The third kappa shape index (κ3) is 3.81. The topological polar surface area (TPSA) is 44.8 Å². The molecule has 0 saturated carbocycles. The van der Waals surface area contributed by atoms with Crippen LogP contribution in [0, 0.1) is 0 Å². The van der Waals surface area contributed by atoms with Gasteiger partial charge in [0.2, 0.25) is 0 Å². The van der Waals surface area contributed by atoms with Gasteiger partial charge in [0.05, 0.1) is 20.8 Å². The number of methoxy groups -OCH3 is 2. The molecule has 0 N–H and O–H groups in total. The lowest BCUT2D eigenvalue weighted by Gasteiger charge is -2.08. The predicted octanol–water partition coefficient (Wildman–Crippen LogP) is 1.81. The SMILES string of the molecule is COc1cc(CCCOC=O)cc(OC)c1. The summed E-state index contributed by atoms with van der Waals surface area (Å²) in [4.78, 5) is 9.95. The van der Waals surface area contributed by atoms with Gasteiger partial charge in [-0.25, -0.2) is 0 Å². The lowest BCUT2D eigenvalue weighted by atomic mass is 10.1. The molecule has 0 heterocycles. The number of hydrogen-bond acceptors (Lipinski definition) is 4. The Hall–Kier alpha value is -1.71. The standard InChI is InChI=1S/C12H16O4/c1-14-11-6-10(4-3-5-16-9-13)7-12(8-11)15-2/h6-9H,3-5H2,1-2H3. The first-order valence-corrected chi connectivity index (χ1v) is 5.07. The van der Waals surface area contributed by atoms with Gasteiger partial charge in [0.1, 0.15) is 11.5 Å². The van der Waals surface area contributed by atoms with E-state index in [0.29, 0.717) is 13.1 Å².